The van der Waals surface area contributed by atoms with E-state index in [2.05, 4.69) is 33.8 Å². The van der Waals surface area contributed by atoms with Crippen molar-refractivity contribution in [2.45, 2.75) is 20.3 Å². The van der Waals surface area contributed by atoms with E-state index in [4.69, 9.17) is 0 Å². The summed E-state index contributed by atoms with van der Waals surface area (Å²) in [4.78, 5) is 14.7. The van der Waals surface area contributed by atoms with E-state index >= 15 is 0 Å². The van der Waals surface area contributed by atoms with E-state index in [1.54, 1.807) is 12.1 Å². The van der Waals surface area contributed by atoms with E-state index in [0.717, 1.165) is 26.1 Å². The molecule has 1 aromatic heterocycles. The summed E-state index contributed by atoms with van der Waals surface area (Å²) >= 11 is 0. The van der Waals surface area contributed by atoms with Crippen LogP contribution in [0.25, 0.3) is 11.3 Å². The Kier molecular flexibility index (Phi) is 6.10. The Bertz CT molecular complexity index is 624. The summed E-state index contributed by atoms with van der Waals surface area (Å²) in [6, 6.07) is 9.02. The molecule has 0 aliphatic carbocycles. The van der Waals surface area contributed by atoms with Crippen molar-refractivity contribution in [3.8, 4) is 11.3 Å². The molecule has 1 N–H and O–H groups in total. The maximum absolute atomic E-state index is 12.3. The van der Waals surface area contributed by atoms with Gasteiger partial charge in [-0.05, 0) is 31.0 Å². The normalized spacial score (nSPS) is 10.9. The molecule has 7 heteroatoms. The molecule has 124 valence electrons. The molecule has 0 unspecified atom stereocenters. The van der Waals surface area contributed by atoms with Crippen LogP contribution in [0.2, 0.25) is 0 Å². The Morgan fingerprint density at radius 2 is 2.00 bits per heavy atom. The molecule has 7 nitrogen and oxygen atoms in total. The third kappa shape index (κ3) is 4.29. The van der Waals surface area contributed by atoms with Gasteiger partial charge in [-0.1, -0.05) is 44.2 Å². The van der Waals surface area contributed by atoms with Crippen LogP contribution in [0.15, 0.2) is 35.0 Å². The van der Waals surface area contributed by atoms with Crippen molar-refractivity contribution in [1.82, 2.24) is 15.4 Å². The van der Waals surface area contributed by atoms with Crippen molar-refractivity contribution >= 4 is 5.91 Å². The Labute approximate surface area is 135 Å². The lowest BCUT2D eigenvalue weighted by Gasteiger charge is -2.17. The second-order valence-electron chi connectivity index (χ2n) is 5.13. The van der Waals surface area contributed by atoms with Gasteiger partial charge in [0.05, 0.1) is 0 Å². The second-order valence-corrected chi connectivity index (χ2v) is 5.13. The summed E-state index contributed by atoms with van der Waals surface area (Å²) in [5.74, 6) is -0.473. The quantitative estimate of drug-likeness (QED) is 0.588. The highest BCUT2D eigenvalue weighted by Crippen LogP contribution is 2.18. The van der Waals surface area contributed by atoms with Crippen LogP contribution in [-0.2, 0) is 0 Å². The van der Waals surface area contributed by atoms with Gasteiger partial charge in [-0.3, -0.25) is 9.42 Å². The molecular weight excluding hydrogens is 296 g/mol. The number of carbonyl (C=O) groups is 1. The van der Waals surface area contributed by atoms with E-state index in [9.17, 15) is 10.0 Å². The van der Waals surface area contributed by atoms with Gasteiger partial charge in [-0.25, -0.2) is 0 Å². The summed E-state index contributed by atoms with van der Waals surface area (Å²) < 4.78 is 4.59. The molecule has 23 heavy (non-hydrogen) atoms. The van der Waals surface area contributed by atoms with Crippen molar-refractivity contribution in [2.24, 2.45) is 0 Å². The number of hydrogen-bond acceptors (Lipinski definition) is 5. The van der Waals surface area contributed by atoms with Crippen molar-refractivity contribution < 1.29 is 14.3 Å². The molecule has 0 aliphatic rings. The van der Waals surface area contributed by atoms with Crippen LogP contribution in [0.3, 0.4) is 0 Å². The average molecular weight is 318 g/mol. The van der Waals surface area contributed by atoms with E-state index in [1.807, 2.05) is 18.2 Å². The zero-order valence-electron chi connectivity index (χ0n) is 13.5. The van der Waals surface area contributed by atoms with Gasteiger partial charge >= 0.3 is 0 Å². The first-order valence-corrected chi connectivity index (χ1v) is 7.83. The molecule has 2 aromatic rings. The summed E-state index contributed by atoms with van der Waals surface area (Å²) in [5, 5.41) is 18.2. The molecule has 0 saturated carbocycles. The van der Waals surface area contributed by atoms with E-state index < -0.39 is 5.91 Å². The first-order chi connectivity index (χ1) is 11.2. The molecule has 0 atom stereocenters. The Hall–Kier alpha value is -2.41. The Morgan fingerprint density at radius 1 is 1.30 bits per heavy atom. The van der Waals surface area contributed by atoms with Crippen LogP contribution in [0.1, 0.15) is 30.8 Å². The van der Waals surface area contributed by atoms with Gasteiger partial charge in [0.2, 0.25) is 0 Å². The molecular formula is C16H22N4O3. The van der Waals surface area contributed by atoms with Gasteiger partial charge in [0.15, 0.2) is 0 Å². The first-order valence-electron chi connectivity index (χ1n) is 7.83. The van der Waals surface area contributed by atoms with E-state index in [0.29, 0.717) is 12.1 Å². The van der Waals surface area contributed by atoms with E-state index in [1.165, 1.54) is 0 Å². The minimum absolute atomic E-state index is 0.112. The fourth-order valence-corrected chi connectivity index (χ4v) is 2.35. The monoisotopic (exact) mass is 318 g/mol. The lowest BCUT2D eigenvalue weighted by molar-refractivity contribution is -0.803. The molecule has 0 bridgehead atoms. The Morgan fingerprint density at radius 3 is 2.65 bits per heavy atom. The van der Waals surface area contributed by atoms with Gasteiger partial charge in [-0.15, -0.1) is 0 Å². The SMILES string of the molecule is CCN(CC)CCCNC(=O)c1c(-c2ccccc2)no[n+]1[O-]. The smallest absolute Gasteiger partial charge is 0.300 e. The van der Waals surface area contributed by atoms with Gasteiger partial charge in [0.1, 0.15) is 0 Å². The summed E-state index contributed by atoms with van der Waals surface area (Å²) in [6.45, 7) is 7.57. The fourth-order valence-electron chi connectivity index (χ4n) is 2.35. The molecule has 0 radical (unpaired) electrons. The summed E-state index contributed by atoms with van der Waals surface area (Å²) in [7, 11) is 0. The highest BCUT2D eigenvalue weighted by Gasteiger charge is 2.27. The van der Waals surface area contributed by atoms with Crippen molar-refractivity contribution in [1.29, 1.82) is 0 Å². The number of hydrogen-bond donors (Lipinski definition) is 1. The number of rotatable bonds is 8. The standard InChI is InChI=1S/C16H22N4O3/c1-3-19(4-2)12-8-11-17-16(21)15-14(18-23-20(15)22)13-9-6-5-7-10-13/h5-7,9-10H,3-4,8,11-12H2,1-2H3,(H,17,21). The molecule has 2 rings (SSSR count). The third-order valence-electron chi connectivity index (χ3n) is 3.71. The lowest BCUT2D eigenvalue weighted by atomic mass is 10.1. The zero-order valence-corrected chi connectivity index (χ0v) is 13.5. The number of aromatic nitrogens is 2. The summed E-state index contributed by atoms with van der Waals surface area (Å²) in [5.41, 5.74) is 0.806. The fraction of sp³-hybridized carbons (Fsp3) is 0.438. The van der Waals surface area contributed by atoms with Crippen LogP contribution in [0, 0.1) is 5.21 Å². The van der Waals surface area contributed by atoms with Gasteiger partial charge < -0.3 is 15.4 Å². The topological polar surface area (TPSA) is 85.3 Å². The second kappa shape index (κ2) is 8.28. The van der Waals surface area contributed by atoms with Gasteiger partial charge in [-0.2, -0.15) is 0 Å². The van der Waals surface area contributed by atoms with Crippen LogP contribution in [0.4, 0.5) is 0 Å². The number of amides is 1. The van der Waals surface area contributed by atoms with Crippen LogP contribution in [-0.4, -0.2) is 42.1 Å². The molecule has 0 aliphatic heterocycles. The molecule has 0 saturated heterocycles. The maximum atomic E-state index is 12.3. The van der Waals surface area contributed by atoms with Crippen molar-refractivity contribution in [3.05, 3.63) is 41.2 Å². The van der Waals surface area contributed by atoms with Gasteiger partial charge in [0.25, 0.3) is 17.3 Å². The minimum Gasteiger partial charge on any atom is -0.359 e. The number of benzene rings is 1. The molecule has 1 heterocycles. The number of nitrogens with zero attached hydrogens (tertiary/aromatic N) is 3. The van der Waals surface area contributed by atoms with Crippen LogP contribution >= 0.6 is 0 Å². The lowest BCUT2D eigenvalue weighted by Crippen LogP contribution is -2.38. The zero-order chi connectivity index (χ0) is 16.7. The molecule has 0 fully saturated rings. The molecule has 1 amide bonds. The average Bonchev–Trinajstić information content (AvgIpc) is 2.97. The van der Waals surface area contributed by atoms with Crippen molar-refractivity contribution in [2.75, 3.05) is 26.2 Å². The largest absolute Gasteiger partial charge is 0.359 e. The number of nitrogens with one attached hydrogen (secondary N) is 1. The van der Waals surface area contributed by atoms with E-state index in [-0.39, 0.29) is 16.3 Å². The minimum atomic E-state index is -0.473. The predicted octanol–water partition coefficient (Wildman–Crippen LogP) is 1.44. The number of carbonyl (C=O) groups excluding carboxylic acids is 1. The van der Waals surface area contributed by atoms with Crippen LogP contribution in [0.5, 0.6) is 0 Å². The van der Waals surface area contributed by atoms with Crippen LogP contribution < -0.4 is 10.2 Å². The highest BCUT2D eigenvalue weighted by molar-refractivity contribution is 5.96. The molecule has 1 aromatic carbocycles. The molecule has 0 spiro atoms. The summed E-state index contributed by atoms with van der Waals surface area (Å²) in [6.07, 6.45) is 0.818. The first kappa shape index (κ1) is 17.0. The van der Waals surface area contributed by atoms with Crippen molar-refractivity contribution in [3.63, 3.8) is 0 Å². The third-order valence-corrected chi connectivity index (χ3v) is 3.71. The highest BCUT2D eigenvalue weighted by atomic mass is 16.8. The van der Waals surface area contributed by atoms with Gasteiger partial charge in [0, 0.05) is 17.3 Å². The predicted molar refractivity (Wildman–Crippen MR) is 85.6 cm³/mol. The Balaban J connectivity index is 1.99. The maximum Gasteiger partial charge on any atom is 0.300 e.